The molecule has 0 saturated heterocycles. The molecule has 0 saturated carbocycles. The summed E-state index contributed by atoms with van der Waals surface area (Å²) in [5.74, 6) is -0.619. The van der Waals surface area contributed by atoms with Gasteiger partial charge in [0, 0.05) is 6.20 Å². The van der Waals surface area contributed by atoms with Crippen molar-refractivity contribution in [3.05, 3.63) is 24.1 Å². The van der Waals surface area contributed by atoms with Crippen LogP contribution in [0.4, 0.5) is 15.0 Å². The Bertz CT molecular complexity index is 377. The third kappa shape index (κ3) is 4.12. The van der Waals surface area contributed by atoms with Crippen molar-refractivity contribution in [2.24, 2.45) is 0 Å². The number of aromatic nitrogens is 1. The minimum Gasteiger partial charge on any atom is -0.443 e. The number of anilines is 1. The first-order chi connectivity index (χ1) is 7.38. The van der Waals surface area contributed by atoms with Crippen molar-refractivity contribution < 1.29 is 13.9 Å². The molecule has 0 aliphatic carbocycles. The zero-order chi connectivity index (χ0) is 12.2. The first-order valence-electron chi connectivity index (χ1n) is 4.74. The normalized spacial score (nSPS) is 10.8. The summed E-state index contributed by atoms with van der Waals surface area (Å²) in [6, 6.07) is 2.68. The lowest BCUT2D eigenvalue weighted by molar-refractivity contribution is 0.0540. The predicted octanol–water partition coefficient (Wildman–Crippen LogP) is 2.07. The van der Waals surface area contributed by atoms with E-state index in [2.05, 4.69) is 15.8 Å². The summed E-state index contributed by atoms with van der Waals surface area (Å²) in [6.45, 7) is 5.19. The number of amides is 1. The van der Waals surface area contributed by atoms with E-state index in [0.717, 1.165) is 0 Å². The SMILES string of the molecule is CC(C)(C)OC(=O)NNc1ncccc1F. The van der Waals surface area contributed by atoms with Crippen molar-refractivity contribution in [1.82, 2.24) is 10.4 Å². The van der Waals surface area contributed by atoms with Crippen LogP contribution in [0, 0.1) is 5.82 Å². The molecule has 0 radical (unpaired) electrons. The van der Waals surface area contributed by atoms with Crippen LogP contribution in [0.25, 0.3) is 0 Å². The summed E-state index contributed by atoms with van der Waals surface area (Å²) in [6.07, 6.45) is 0.708. The number of hydrazine groups is 1. The maximum absolute atomic E-state index is 13.1. The molecule has 0 unspecified atom stereocenters. The van der Waals surface area contributed by atoms with Crippen molar-refractivity contribution in [2.75, 3.05) is 5.43 Å². The van der Waals surface area contributed by atoms with Crippen molar-refractivity contribution in [3.8, 4) is 0 Å². The molecule has 0 atom stereocenters. The van der Waals surface area contributed by atoms with Crippen LogP contribution in [0.15, 0.2) is 18.3 Å². The summed E-state index contributed by atoms with van der Waals surface area (Å²) in [4.78, 5) is 14.9. The molecular weight excluding hydrogens is 213 g/mol. The molecule has 88 valence electrons. The number of pyridine rings is 1. The molecule has 0 aliphatic heterocycles. The van der Waals surface area contributed by atoms with Crippen molar-refractivity contribution in [3.63, 3.8) is 0 Å². The van der Waals surface area contributed by atoms with E-state index in [-0.39, 0.29) is 5.82 Å². The number of carbonyl (C=O) groups is 1. The van der Waals surface area contributed by atoms with Crippen molar-refractivity contribution in [2.45, 2.75) is 26.4 Å². The fraction of sp³-hybridized carbons (Fsp3) is 0.400. The highest BCUT2D eigenvalue weighted by Crippen LogP contribution is 2.08. The fourth-order valence-corrected chi connectivity index (χ4v) is 0.892. The van der Waals surface area contributed by atoms with E-state index in [1.165, 1.54) is 18.3 Å². The van der Waals surface area contributed by atoms with Crippen LogP contribution in [0.3, 0.4) is 0 Å². The minimum atomic E-state index is -0.697. The van der Waals surface area contributed by atoms with Gasteiger partial charge in [-0.15, -0.1) is 0 Å². The van der Waals surface area contributed by atoms with E-state index >= 15 is 0 Å². The van der Waals surface area contributed by atoms with Gasteiger partial charge < -0.3 is 4.74 Å². The van der Waals surface area contributed by atoms with Crippen LogP contribution in [-0.2, 0) is 4.74 Å². The predicted molar refractivity (Wildman–Crippen MR) is 57.2 cm³/mol. The Morgan fingerprint density at radius 2 is 2.19 bits per heavy atom. The average Bonchev–Trinajstić information content (AvgIpc) is 2.14. The van der Waals surface area contributed by atoms with Gasteiger partial charge in [0.15, 0.2) is 11.6 Å². The van der Waals surface area contributed by atoms with Crippen LogP contribution < -0.4 is 10.9 Å². The lowest BCUT2D eigenvalue weighted by Crippen LogP contribution is -2.36. The fourth-order valence-electron chi connectivity index (χ4n) is 0.892. The third-order valence-electron chi connectivity index (χ3n) is 1.44. The maximum atomic E-state index is 13.1. The zero-order valence-corrected chi connectivity index (χ0v) is 9.37. The molecule has 16 heavy (non-hydrogen) atoms. The van der Waals surface area contributed by atoms with Gasteiger partial charge in [-0.1, -0.05) is 0 Å². The molecule has 2 N–H and O–H groups in total. The van der Waals surface area contributed by atoms with Crippen LogP contribution in [0.5, 0.6) is 0 Å². The lowest BCUT2D eigenvalue weighted by atomic mass is 10.2. The Morgan fingerprint density at radius 1 is 1.50 bits per heavy atom. The standard InChI is InChI=1S/C10H14FN3O2/c1-10(2,3)16-9(15)14-13-8-7(11)5-4-6-12-8/h4-6H,1-3H3,(H,12,13)(H,14,15). The molecule has 5 nitrogen and oxygen atoms in total. The van der Waals surface area contributed by atoms with Gasteiger partial charge >= 0.3 is 6.09 Å². The summed E-state index contributed by atoms with van der Waals surface area (Å²) >= 11 is 0. The Morgan fingerprint density at radius 3 is 2.75 bits per heavy atom. The van der Waals surface area contributed by atoms with Gasteiger partial charge in [0.2, 0.25) is 0 Å². The Balaban J connectivity index is 2.47. The largest absolute Gasteiger partial charge is 0.443 e. The van der Waals surface area contributed by atoms with Crippen LogP contribution in [0.1, 0.15) is 20.8 Å². The second-order valence-corrected chi connectivity index (χ2v) is 4.09. The molecule has 1 amide bonds. The van der Waals surface area contributed by atoms with Crippen LogP contribution in [-0.4, -0.2) is 16.7 Å². The number of hydrogen-bond acceptors (Lipinski definition) is 4. The summed E-state index contributed by atoms with van der Waals surface area (Å²) in [5, 5.41) is 0. The highest BCUT2D eigenvalue weighted by molar-refractivity contribution is 5.69. The molecule has 1 aromatic heterocycles. The summed E-state index contributed by atoms with van der Waals surface area (Å²) in [5.41, 5.74) is 3.90. The highest BCUT2D eigenvalue weighted by atomic mass is 19.1. The van der Waals surface area contributed by atoms with E-state index in [1.807, 2.05) is 0 Å². The average molecular weight is 227 g/mol. The van der Waals surface area contributed by atoms with Gasteiger partial charge in [0.1, 0.15) is 5.60 Å². The monoisotopic (exact) mass is 227 g/mol. The molecule has 6 heteroatoms. The minimum absolute atomic E-state index is 0.0617. The van der Waals surface area contributed by atoms with Gasteiger partial charge in [-0.3, -0.25) is 5.43 Å². The molecule has 1 aromatic rings. The van der Waals surface area contributed by atoms with Gasteiger partial charge in [0.05, 0.1) is 0 Å². The highest BCUT2D eigenvalue weighted by Gasteiger charge is 2.16. The van der Waals surface area contributed by atoms with Gasteiger partial charge in [-0.2, -0.15) is 0 Å². The number of ether oxygens (including phenoxy) is 1. The first-order valence-corrected chi connectivity index (χ1v) is 4.74. The lowest BCUT2D eigenvalue weighted by Gasteiger charge is -2.19. The molecule has 1 heterocycles. The van der Waals surface area contributed by atoms with Crippen molar-refractivity contribution in [1.29, 1.82) is 0 Å². The topological polar surface area (TPSA) is 63.2 Å². The van der Waals surface area contributed by atoms with Gasteiger partial charge in [-0.05, 0) is 32.9 Å². The Kier molecular flexibility index (Phi) is 3.65. The molecule has 0 aliphatic rings. The number of halogens is 1. The molecule has 0 fully saturated rings. The number of rotatable bonds is 2. The van der Waals surface area contributed by atoms with Crippen LogP contribution >= 0.6 is 0 Å². The smallest absolute Gasteiger partial charge is 0.426 e. The van der Waals surface area contributed by atoms with Gasteiger partial charge in [0.25, 0.3) is 0 Å². The Hall–Kier alpha value is -1.85. The van der Waals surface area contributed by atoms with E-state index in [1.54, 1.807) is 20.8 Å². The molecule has 0 spiro atoms. The van der Waals surface area contributed by atoms with Crippen LogP contribution in [0.2, 0.25) is 0 Å². The summed E-state index contributed by atoms with van der Waals surface area (Å²) < 4.78 is 18.0. The second-order valence-electron chi connectivity index (χ2n) is 4.09. The number of nitrogens with zero attached hydrogens (tertiary/aromatic N) is 1. The molecule has 1 rings (SSSR count). The van der Waals surface area contributed by atoms with E-state index in [4.69, 9.17) is 4.74 Å². The number of hydrogen-bond donors (Lipinski definition) is 2. The second kappa shape index (κ2) is 4.78. The first kappa shape index (κ1) is 12.2. The van der Waals surface area contributed by atoms with Crippen molar-refractivity contribution >= 4 is 11.9 Å². The zero-order valence-electron chi connectivity index (χ0n) is 9.37. The maximum Gasteiger partial charge on any atom is 0.426 e. The van der Waals surface area contributed by atoms with E-state index in [9.17, 15) is 9.18 Å². The Labute approximate surface area is 93.0 Å². The third-order valence-corrected chi connectivity index (χ3v) is 1.44. The molecular formula is C10H14FN3O2. The molecule has 0 aromatic carbocycles. The number of nitrogens with one attached hydrogen (secondary N) is 2. The van der Waals surface area contributed by atoms with Gasteiger partial charge in [-0.25, -0.2) is 19.6 Å². The quantitative estimate of drug-likeness (QED) is 0.759. The number of carbonyl (C=O) groups excluding carboxylic acids is 1. The summed E-state index contributed by atoms with van der Waals surface area (Å²) in [7, 11) is 0. The van der Waals surface area contributed by atoms with E-state index < -0.39 is 17.5 Å². The molecule has 0 bridgehead atoms. The van der Waals surface area contributed by atoms with E-state index in [0.29, 0.717) is 0 Å².